The molecule has 1 heterocycles. The van der Waals surface area contributed by atoms with Crippen LogP contribution in [0.2, 0.25) is 0 Å². The summed E-state index contributed by atoms with van der Waals surface area (Å²) in [5, 5.41) is 40.5. The van der Waals surface area contributed by atoms with Crippen molar-refractivity contribution in [3.63, 3.8) is 0 Å². The van der Waals surface area contributed by atoms with Crippen LogP contribution in [0.3, 0.4) is 0 Å². The molecule has 0 aromatic rings. The molecule has 0 saturated carbocycles. The van der Waals surface area contributed by atoms with E-state index < -0.39 is 55.0 Å². The molecule has 9 nitrogen and oxygen atoms in total. The van der Waals surface area contributed by atoms with Gasteiger partial charge in [-0.2, -0.15) is 0 Å². The number of methoxy groups -OCH3 is 1. The van der Waals surface area contributed by atoms with Gasteiger partial charge in [0.15, 0.2) is 0 Å². The molecule has 0 aromatic carbocycles. The van der Waals surface area contributed by atoms with Crippen molar-refractivity contribution in [3.05, 3.63) is 12.2 Å². The summed E-state index contributed by atoms with van der Waals surface area (Å²) in [5.74, 6) is -1.19. The molecule has 0 aliphatic carbocycles. The van der Waals surface area contributed by atoms with Crippen molar-refractivity contribution in [2.24, 2.45) is 0 Å². The van der Waals surface area contributed by atoms with E-state index in [4.69, 9.17) is 9.84 Å². The number of aliphatic hydroxyl groups is 4. The first-order valence-corrected chi connectivity index (χ1v) is 6.65. The van der Waals surface area contributed by atoms with Crippen molar-refractivity contribution < 1.29 is 39.5 Å². The van der Waals surface area contributed by atoms with E-state index in [1.165, 1.54) is 19.1 Å². The van der Waals surface area contributed by atoms with Gasteiger partial charge in [0.1, 0.15) is 36.6 Å². The third-order valence-electron chi connectivity index (χ3n) is 3.24. The van der Waals surface area contributed by atoms with Gasteiger partial charge in [-0.3, -0.25) is 4.79 Å². The lowest BCUT2D eigenvalue weighted by Gasteiger charge is -2.39. The summed E-state index contributed by atoms with van der Waals surface area (Å²) in [6.07, 6.45) is -4.07. The molecule has 5 N–H and O–H groups in total. The Hall–Kier alpha value is -1.52. The molecule has 1 unspecified atom stereocenters. The lowest BCUT2D eigenvalue weighted by Crippen LogP contribution is -2.58. The summed E-state index contributed by atoms with van der Waals surface area (Å²) < 4.78 is 9.76. The minimum Gasteiger partial charge on any atom is -0.467 e. The van der Waals surface area contributed by atoms with Gasteiger partial charge >= 0.3 is 5.97 Å². The quantitative estimate of drug-likeness (QED) is 0.267. The molecule has 1 amide bonds. The monoisotopic (exact) mass is 319 g/mol. The average molecular weight is 319 g/mol. The van der Waals surface area contributed by atoms with Crippen LogP contribution < -0.4 is 5.32 Å². The number of carbonyl (C=O) groups is 2. The Kier molecular flexibility index (Phi) is 6.91. The van der Waals surface area contributed by atoms with Crippen molar-refractivity contribution in [1.82, 2.24) is 5.32 Å². The van der Waals surface area contributed by atoms with Crippen molar-refractivity contribution >= 4 is 11.9 Å². The zero-order valence-electron chi connectivity index (χ0n) is 12.2. The first-order chi connectivity index (χ1) is 10.3. The molecule has 22 heavy (non-hydrogen) atoms. The number of nitrogens with one attached hydrogen (secondary N) is 1. The third-order valence-corrected chi connectivity index (χ3v) is 3.24. The molecule has 0 spiro atoms. The van der Waals surface area contributed by atoms with E-state index in [2.05, 4.69) is 10.1 Å². The fourth-order valence-corrected chi connectivity index (χ4v) is 2.04. The zero-order valence-corrected chi connectivity index (χ0v) is 12.2. The van der Waals surface area contributed by atoms with Crippen LogP contribution in [0.4, 0.5) is 0 Å². The Balaban J connectivity index is 2.84. The molecule has 1 aliphatic rings. The average Bonchev–Trinajstić information content (AvgIpc) is 2.49. The summed E-state index contributed by atoms with van der Waals surface area (Å²) in [6.45, 7) is 0.666. The Morgan fingerprint density at radius 1 is 1.27 bits per heavy atom. The lowest BCUT2D eigenvalue weighted by atomic mass is 9.94. The topological polar surface area (TPSA) is 146 Å². The number of carbonyl (C=O) groups excluding carboxylic acids is 2. The SMILES string of the molecule is COC(=O)C(/C=C/[C@@H]1O[C@H](CO)[C@@H](O)[C@H](O)[C@H]1O)NC(C)=O. The van der Waals surface area contributed by atoms with Gasteiger partial charge in [-0.15, -0.1) is 0 Å². The van der Waals surface area contributed by atoms with E-state index in [9.17, 15) is 24.9 Å². The number of ether oxygens (including phenoxy) is 2. The highest BCUT2D eigenvalue weighted by Crippen LogP contribution is 2.22. The molecule has 0 aromatic heterocycles. The molecular formula is C13H21NO8. The molecule has 0 radical (unpaired) electrons. The molecule has 1 rings (SSSR count). The van der Waals surface area contributed by atoms with Crippen LogP contribution in [0.25, 0.3) is 0 Å². The number of rotatable bonds is 5. The molecule has 1 fully saturated rings. The van der Waals surface area contributed by atoms with Crippen molar-refractivity contribution in [1.29, 1.82) is 0 Å². The van der Waals surface area contributed by atoms with Gasteiger partial charge in [-0.1, -0.05) is 12.2 Å². The van der Waals surface area contributed by atoms with E-state index in [1.54, 1.807) is 0 Å². The highest BCUT2D eigenvalue weighted by atomic mass is 16.5. The van der Waals surface area contributed by atoms with Crippen LogP contribution in [-0.4, -0.2) is 82.6 Å². The van der Waals surface area contributed by atoms with Crippen molar-refractivity contribution in [3.8, 4) is 0 Å². The number of hydrogen-bond donors (Lipinski definition) is 5. The second kappa shape index (κ2) is 8.20. The molecule has 6 atom stereocenters. The van der Waals surface area contributed by atoms with E-state index in [0.717, 1.165) is 7.11 Å². The molecule has 1 saturated heterocycles. The first kappa shape index (κ1) is 18.5. The summed E-state index contributed by atoms with van der Waals surface area (Å²) >= 11 is 0. The van der Waals surface area contributed by atoms with E-state index in [0.29, 0.717) is 0 Å². The Morgan fingerprint density at radius 2 is 1.91 bits per heavy atom. The van der Waals surface area contributed by atoms with Crippen LogP contribution in [0.15, 0.2) is 12.2 Å². The smallest absolute Gasteiger partial charge is 0.332 e. The minimum absolute atomic E-state index is 0.464. The zero-order chi connectivity index (χ0) is 16.9. The van der Waals surface area contributed by atoms with Gasteiger partial charge in [-0.05, 0) is 0 Å². The normalized spacial score (nSPS) is 33.5. The van der Waals surface area contributed by atoms with Gasteiger partial charge in [0.2, 0.25) is 5.91 Å². The van der Waals surface area contributed by atoms with Crippen LogP contribution in [0, 0.1) is 0 Å². The highest BCUT2D eigenvalue weighted by Gasteiger charge is 2.42. The minimum atomic E-state index is -1.52. The first-order valence-electron chi connectivity index (χ1n) is 6.65. The van der Waals surface area contributed by atoms with Gasteiger partial charge < -0.3 is 35.2 Å². The number of amides is 1. The van der Waals surface area contributed by atoms with Gasteiger partial charge in [0, 0.05) is 6.92 Å². The Labute approximate surface area is 127 Å². The molecular weight excluding hydrogens is 298 g/mol. The van der Waals surface area contributed by atoms with Crippen molar-refractivity contribution in [2.75, 3.05) is 13.7 Å². The summed E-state index contributed by atoms with van der Waals surface area (Å²) in [6, 6.07) is -1.09. The standard InChI is InChI=1S/C13H21NO8/c1-6(16)14-7(13(20)21-2)3-4-8-10(17)12(19)11(18)9(5-15)22-8/h3-4,7-12,15,17-19H,5H2,1-2H3,(H,14,16)/b4-3+/t7?,8-,9+,10-,11+,12+/m0/s1. The maximum atomic E-state index is 11.5. The summed E-state index contributed by atoms with van der Waals surface area (Å²) in [4.78, 5) is 22.6. The second-order valence-electron chi connectivity index (χ2n) is 4.88. The Bertz CT molecular complexity index is 424. The van der Waals surface area contributed by atoms with Gasteiger partial charge in [-0.25, -0.2) is 4.79 Å². The lowest BCUT2D eigenvalue weighted by molar-refractivity contribution is -0.216. The highest BCUT2D eigenvalue weighted by molar-refractivity contribution is 5.84. The molecule has 0 bridgehead atoms. The van der Waals surface area contributed by atoms with E-state index in [1.807, 2.05) is 0 Å². The fourth-order valence-electron chi connectivity index (χ4n) is 2.04. The van der Waals surface area contributed by atoms with Crippen LogP contribution in [0.5, 0.6) is 0 Å². The fraction of sp³-hybridized carbons (Fsp3) is 0.692. The Morgan fingerprint density at radius 3 is 2.41 bits per heavy atom. The molecule has 126 valence electrons. The molecule has 1 aliphatic heterocycles. The number of esters is 1. The van der Waals surface area contributed by atoms with Crippen LogP contribution in [0.1, 0.15) is 6.92 Å². The van der Waals surface area contributed by atoms with E-state index >= 15 is 0 Å². The largest absolute Gasteiger partial charge is 0.467 e. The summed E-state index contributed by atoms with van der Waals surface area (Å²) in [7, 11) is 1.15. The second-order valence-corrected chi connectivity index (χ2v) is 4.88. The number of aliphatic hydroxyl groups excluding tert-OH is 4. The maximum Gasteiger partial charge on any atom is 0.332 e. The third kappa shape index (κ3) is 4.49. The van der Waals surface area contributed by atoms with Gasteiger partial charge in [0.05, 0.1) is 13.7 Å². The predicted molar refractivity (Wildman–Crippen MR) is 72.5 cm³/mol. The van der Waals surface area contributed by atoms with E-state index in [-0.39, 0.29) is 0 Å². The van der Waals surface area contributed by atoms with Gasteiger partial charge in [0.25, 0.3) is 0 Å². The number of hydrogen-bond acceptors (Lipinski definition) is 8. The van der Waals surface area contributed by atoms with Crippen LogP contribution in [-0.2, 0) is 19.1 Å². The van der Waals surface area contributed by atoms with Crippen LogP contribution >= 0.6 is 0 Å². The van der Waals surface area contributed by atoms with Crippen molar-refractivity contribution in [2.45, 2.75) is 43.5 Å². The molecule has 9 heteroatoms. The maximum absolute atomic E-state index is 11.5. The summed E-state index contributed by atoms with van der Waals surface area (Å²) in [5.41, 5.74) is 0. The predicted octanol–water partition coefficient (Wildman–Crippen LogP) is -2.94.